The highest BCUT2D eigenvalue weighted by atomic mass is 16.4. The number of carboxylic acid groups (broad SMARTS) is 1. The monoisotopic (exact) mass is 265 g/mol. The maximum absolute atomic E-state index is 11.2. The van der Waals surface area contributed by atoms with Crippen molar-refractivity contribution in [2.45, 2.75) is 40.2 Å². The molecule has 1 aliphatic rings. The molecule has 19 heavy (non-hydrogen) atoms. The Morgan fingerprint density at radius 3 is 2.37 bits per heavy atom. The summed E-state index contributed by atoms with van der Waals surface area (Å²) in [5, 5.41) is 13.7. The largest absolute Gasteiger partial charge is 0.481 e. The molecule has 0 amide bonds. The van der Waals surface area contributed by atoms with Crippen LogP contribution in [-0.2, 0) is 18.4 Å². The average Bonchev–Trinajstić information content (AvgIpc) is 2.58. The summed E-state index contributed by atoms with van der Waals surface area (Å²) in [5.41, 5.74) is 3.01. The summed E-state index contributed by atoms with van der Waals surface area (Å²) in [6.45, 7) is 8.54. The zero-order valence-corrected chi connectivity index (χ0v) is 12.2. The number of nitrogens with zero attached hydrogens (tertiary/aromatic N) is 3. The molecule has 1 aliphatic heterocycles. The maximum atomic E-state index is 11.2. The molecule has 5 heteroatoms. The lowest BCUT2D eigenvalue weighted by Gasteiger charge is -2.36. The molecule has 0 bridgehead atoms. The van der Waals surface area contributed by atoms with Gasteiger partial charge in [-0.15, -0.1) is 0 Å². The number of likely N-dealkylation sites (tertiary alicyclic amines) is 1. The normalized spacial score (nSPS) is 19.6. The fourth-order valence-electron chi connectivity index (χ4n) is 2.69. The van der Waals surface area contributed by atoms with Crippen molar-refractivity contribution in [3.05, 3.63) is 17.0 Å². The molecule has 2 heterocycles. The third-order valence-corrected chi connectivity index (χ3v) is 4.52. The molecule has 2 rings (SSSR count). The van der Waals surface area contributed by atoms with Gasteiger partial charge >= 0.3 is 5.97 Å². The van der Waals surface area contributed by atoms with Crippen molar-refractivity contribution in [3.8, 4) is 0 Å². The third kappa shape index (κ3) is 2.66. The molecule has 0 atom stereocenters. The Morgan fingerprint density at radius 2 is 1.95 bits per heavy atom. The Kier molecular flexibility index (Phi) is 3.67. The Morgan fingerprint density at radius 1 is 1.37 bits per heavy atom. The second-order valence-corrected chi connectivity index (χ2v) is 5.91. The van der Waals surface area contributed by atoms with E-state index in [4.69, 9.17) is 0 Å². The van der Waals surface area contributed by atoms with Crippen LogP contribution in [0.2, 0.25) is 0 Å². The number of aliphatic carboxylic acids is 1. The summed E-state index contributed by atoms with van der Waals surface area (Å²) in [4.78, 5) is 13.6. The van der Waals surface area contributed by atoms with Crippen LogP contribution in [0.1, 0.15) is 36.7 Å². The van der Waals surface area contributed by atoms with Gasteiger partial charge in [0.1, 0.15) is 0 Å². The molecule has 106 valence electrons. The van der Waals surface area contributed by atoms with Gasteiger partial charge in [-0.1, -0.05) is 0 Å². The van der Waals surface area contributed by atoms with E-state index in [0.29, 0.717) is 0 Å². The Balaban J connectivity index is 2.02. The van der Waals surface area contributed by atoms with Crippen LogP contribution in [0.25, 0.3) is 0 Å². The van der Waals surface area contributed by atoms with Crippen molar-refractivity contribution in [2.75, 3.05) is 13.1 Å². The van der Waals surface area contributed by atoms with E-state index in [1.165, 1.54) is 11.3 Å². The predicted molar refractivity (Wildman–Crippen MR) is 72.9 cm³/mol. The van der Waals surface area contributed by atoms with Crippen LogP contribution < -0.4 is 0 Å². The number of hydrogen-bond acceptors (Lipinski definition) is 3. The van der Waals surface area contributed by atoms with E-state index in [9.17, 15) is 9.90 Å². The molecule has 0 unspecified atom stereocenters. The molecular weight excluding hydrogens is 242 g/mol. The highest BCUT2D eigenvalue weighted by Gasteiger charge is 2.36. The molecule has 0 aliphatic carbocycles. The number of carbonyl (C=O) groups is 1. The minimum Gasteiger partial charge on any atom is -0.481 e. The second-order valence-electron chi connectivity index (χ2n) is 5.91. The minimum atomic E-state index is -0.666. The molecule has 1 saturated heterocycles. The third-order valence-electron chi connectivity index (χ3n) is 4.52. The maximum Gasteiger partial charge on any atom is 0.309 e. The van der Waals surface area contributed by atoms with Gasteiger partial charge < -0.3 is 5.11 Å². The van der Waals surface area contributed by atoms with Crippen LogP contribution in [0.5, 0.6) is 0 Å². The zero-order chi connectivity index (χ0) is 14.2. The smallest absolute Gasteiger partial charge is 0.309 e. The van der Waals surface area contributed by atoms with Crippen LogP contribution in [0.15, 0.2) is 0 Å². The first-order valence-corrected chi connectivity index (χ1v) is 6.78. The molecule has 1 fully saturated rings. The van der Waals surface area contributed by atoms with Crippen molar-refractivity contribution in [3.63, 3.8) is 0 Å². The van der Waals surface area contributed by atoms with Gasteiger partial charge in [-0.25, -0.2) is 0 Å². The van der Waals surface area contributed by atoms with E-state index in [1.54, 1.807) is 0 Å². The van der Waals surface area contributed by atoms with E-state index < -0.39 is 11.4 Å². The quantitative estimate of drug-likeness (QED) is 0.904. The highest BCUT2D eigenvalue weighted by molar-refractivity contribution is 5.74. The van der Waals surface area contributed by atoms with Crippen LogP contribution in [0.3, 0.4) is 0 Å². The van der Waals surface area contributed by atoms with E-state index >= 15 is 0 Å². The Labute approximate surface area is 114 Å². The average molecular weight is 265 g/mol. The van der Waals surface area contributed by atoms with Gasteiger partial charge in [0, 0.05) is 24.8 Å². The summed E-state index contributed by atoms with van der Waals surface area (Å²) in [7, 11) is 1.96. The van der Waals surface area contributed by atoms with Gasteiger partial charge in [-0.2, -0.15) is 5.10 Å². The number of rotatable bonds is 3. The fraction of sp³-hybridized carbons (Fsp3) is 0.714. The van der Waals surface area contributed by atoms with Gasteiger partial charge in [0.15, 0.2) is 0 Å². The van der Waals surface area contributed by atoms with E-state index in [2.05, 4.69) is 16.9 Å². The molecule has 5 nitrogen and oxygen atoms in total. The van der Waals surface area contributed by atoms with Crippen molar-refractivity contribution in [1.82, 2.24) is 14.7 Å². The first kappa shape index (κ1) is 14.1. The van der Waals surface area contributed by atoms with Gasteiger partial charge in [0.05, 0.1) is 11.1 Å². The standard InChI is InChI=1S/C14H23N3O2/c1-10-12(11(2)16(4)15-10)9-17-7-5-14(3,6-8-17)13(18)19/h5-9H2,1-4H3,(H,18,19). The summed E-state index contributed by atoms with van der Waals surface area (Å²) < 4.78 is 1.91. The van der Waals surface area contributed by atoms with Crippen molar-refractivity contribution < 1.29 is 9.90 Å². The van der Waals surface area contributed by atoms with Crippen molar-refractivity contribution >= 4 is 5.97 Å². The number of hydrogen-bond donors (Lipinski definition) is 1. The van der Waals surface area contributed by atoms with E-state index in [-0.39, 0.29) is 0 Å². The molecule has 1 aromatic rings. The topological polar surface area (TPSA) is 58.4 Å². The molecule has 0 radical (unpaired) electrons. The van der Waals surface area contributed by atoms with Crippen LogP contribution in [-0.4, -0.2) is 38.8 Å². The lowest BCUT2D eigenvalue weighted by atomic mass is 9.80. The molecular formula is C14H23N3O2. The Bertz CT molecular complexity index is 485. The van der Waals surface area contributed by atoms with Crippen molar-refractivity contribution in [2.24, 2.45) is 12.5 Å². The second kappa shape index (κ2) is 4.96. The van der Waals surface area contributed by atoms with Gasteiger partial charge in [0.25, 0.3) is 0 Å². The van der Waals surface area contributed by atoms with Gasteiger partial charge in [0.2, 0.25) is 0 Å². The zero-order valence-electron chi connectivity index (χ0n) is 12.2. The van der Waals surface area contributed by atoms with Crippen molar-refractivity contribution in [1.29, 1.82) is 0 Å². The lowest BCUT2D eigenvalue weighted by Crippen LogP contribution is -2.42. The highest BCUT2D eigenvalue weighted by Crippen LogP contribution is 2.32. The van der Waals surface area contributed by atoms with Gasteiger partial charge in [-0.3, -0.25) is 14.4 Å². The molecule has 1 aromatic heterocycles. The Hall–Kier alpha value is -1.36. The minimum absolute atomic E-state index is 0.546. The van der Waals surface area contributed by atoms with Crippen LogP contribution in [0.4, 0.5) is 0 Å². The number of piperidine rings is 1. The molecule has 1 N–H and O–H groups in total. The summed E-state index contributed by atoms with van der Waals surface area (Å²) in [5.74, 6) is -0.666. The summed E-state index contributed by atoms with van der Waals surface area (Å²) >= 11 is 0. The van der Waals surface area contributed by atoms with Crippen LogP contribution in [0, 0.1) is 19.3 Å². The first-order valence-electron chi connectivity index (χ1n) is 6.78. The van der Waals surface area contributed by atoms with E-state index in [0.717, 1.165) is 38.2 Å². The van der Waals surface area contributed by atoms with Crippen LogP contribution >= 0.6 is 0 Å². The number of carboxylic acids is 1. The van der Waals surface area contributed by atoms with E-state index in [1.807, 2.05) is 25.6 Å². The molecule has 0 saturated carbocycles. The predicted octanol–water partition coefficient (Wildman–Crippen LogP) is 1.72. The molecule has 0 aromatic carbocycles. The number of aryl methyl sites for hydroxylation is 2. The fourth-order valence-corrected chi connectivity index (χ4v) is 2.69. The summed E-state index contributed by atoms with van der Waals surface area (Å²) in [6, 6.07) is 0. The SMILES string of the molecule is Cc1nn(C)c(C)c1CN1CCC(C)(C(=O)O)CC1. The summed E-state index contributed by atoms with van der Waals surface area (Å²) in [6.07, 6.45) is 1.45. The molecule has 0 spiro atoms. The number of aromatic nitrogens is 2. The van der Waals surface area contributed by atoms with Gasteiger partial charge in [-0.05, 0) is 46.7 Å². The first-order chi connectivity index (χ1) is 8.83. The lowest BCUT2D eigenvalue weighted by molar-refractivity contribution is -0.150.